The van der Waals surface area contributed by atoms with Crippen LogP contribution in [0, 0.1) is 11.3 Å². The Morgan fingerprint density at radius 2 is 2.31 bits per heavy atom. The second kappa shape index (κ2) is 4.53. The number of pyridine rings is 1. The number of methoxy groups -OCH3 is 1. The first-order valence-corrected chi connectivity index (χ1v) is 4.01. The normalized spacial score (nSPS) is 9.94. The van der Waals surface area contributed by atoms with Crippen molar-refractivity contribution in [2.75, 3.05) is 7.11 Å². The molecule has 0 bridgehead atoms. The van der Waals surface area contributed by atoms with Crippen LogP contribution in [0.3, 0.4) is 0 Å². The number of carbonyl (C=O) groups is 1. The topological polar surface area (TPSA) is 83.2 Å². The van der Waals surface area contributed by atoms with E-state index in [0.717, 1.165) is 13.2 Å². The van der Waals surface area contributed by atoms with Gasteiger partial charge in [-0.3, -0.25) is 0 Å². The Bertz CT molecular complexity index is 469. The van der Waals surface area contributed by atoms with Gasteiger partial charge in [0, 0.05) is 0 Å². The number of aromatic nitrogens is 1. The summed E-state index contributed by atoms with van der Waals surface area (Å²) >= 11 is 0. The van der Waals surface area contributed by atoms with E-state index in [0.29, 0.717) is 0 Å². The molecule has 0 fully saturated rings. The van der Waals surface area contributed by atoms with Gasteiger partial charge in [0.05, 0.1) is 12.7 Å². The number of aromatic hydroxyl groups is 1. The maximum Gasteiger partial charge on any atom is 0.340 e. The number of rotatable bonds is 2. The summed E-state index contributed by atoms with van der Waals surface area (Å²) in [7, 11) is 1.01. The Morgan fingerprint density at radius 3 is 2.75 bits per heavy atom. The second-order valence-electron chi connectivity index (χ2n) is 2.69. The van der Waals surface area contributed by atoms with Gasteiger partial charge < -0.3 is 9.84 Å². The van der Waals surface area contributed by atoms with Crippen LogP contribution in [0.4, 0.5) is 8.78 Å². The summed E-state index contributed by atoms with van der Waals surface area (Å²) in [5.74, 6) is -1.70. The molecule has 0 saturated heterocycles. The van der Waals surface area contributed by atoms with Crippen molar-refractivity contribution < 1.29 is 23.4 Å². The quantitative estimate of drug-likeness (QED) is 0.773. The van der Waals surface area contributed by atoms with Crippen molar-refractivity contribution in [3.8, 4) is 11.8 Å². The van der Waals surface area contributed by atoms with E-state index in [4.69, 9.17) is 5.26 Å². The van der Waals surface area contributed by atoms with Crippen molar-refractivity contribution in [3.05, 3.63) is 23.0 Å². The van der Waals surface area contributed by atoms with E-state index in [1.54, 1.807) is 0 Å². The Labute approximate surface area is 88.9 Å². The number of hydrogen-bond acceptors (Lipinski definition) is 5. The van der Waals surface area contributed by atoms with Gasteiger partial charge in [-0.2, -0.15) is 5.26 Å². The number of ether oxygens (including phenoxy) is 1. The van der Waals surface area contributed by atoms with Gasteiger partial charge in [-0.15, -0.1) is 0 Å². The third-order valence-electron chi connectivity index (χ3n) is 1.75. The molecule has 1 aromatic rings. The highest BCUT2D eigenvalue weighted by Gasteiger charge is 2.23. The molecule has 84 valence electrons. The molecule has 0 aliphatic heterocycles. The first-order valence-electron chi connectivity index (χ1n) is 4.01. The zero-order chi connectivity index (χ0) is 12.3. The lowest BCUT2D eigenvalue weighted by Gasteiger charge is -2.07. The van der Waals surface area contributed by atoms with Crippen LogP contribution in [0.1, 0.15) is 28.2 Å². The lowest BCUT2D eigenvalue weighted by atomic mass is 10.1. The van der Waals surface area contributed by atoms with E-state index in [9.17, 15) is 18.7 Å². The lowest BCUT2D eigenvalue weighted by molar-refractivity contribution is 0.0586. The molecule has 1 N–H and O–H groups in total. The van der Waals surface area contributed by atoms with Gasteiger partial charge in [-0.1, -0.05) is 0 Å². The van der Waals surface area contributed by atoms with Crippen molar-refractivity contribution >= 4 is 5.97 Å². The zero-order valence-electron chi connectivity index (χ0n) is 8.07. The Hall–Kier alpha value is -2.23. The van der Waals surface area contributed by atoms with Gasteiger partial charge >= 0.3 is 5.97 Å². The number of carbonyl (C=O) groups excluding carboxylic acids is 1. The van der Waals surface area contributed by atoms with Crippen LogP contribution in [-0.2, 0) is 4.74 Å². The Morgan fingerprint density at radius 1 is 1.69 bits per heavy atom. The largest absolute Gasteiger partial charge is 0.505 e. The van der Waals surface area contributed by atoms with Crippen molar-refractivity contribution in [2.45, 2.75) is 6.43 Å². The molecule has 0 radical (unpaired) electrons. The number of halogens is 2. The number of nitriles is 1. The van der Waals surface area contributed by atoms with Gasteiger partial charge in [0.15, 0.2) is 11.4 Å². The van der Waals surface area contributed by atoms with Crippen LogP contribution >= 0.6 is 0 Å². The van der Waals surface area contributed by atoms with Crippen LogP contribution in [0.5, 0.6) is 5.75 Å². The third-order valence-corrected chi connectivity index (χ3v) is 1.75. The van der Waals surface area contributed by atoms with Crippen LogP contribution in [0.25, 0.3) is 0 Å². The fourth-order valence-electron chi connectivity index (χ4n) is 1.04. The minimum absolute atomic E-state index is 0.561. The fraction of sp³-hybridized carbons (Fsp3) is 0.222. The van der Waals surface area contributed by atoms with Crippen LogP contribution < -0.4 is 0 Å². The summed E-state index contributed by atoms with van der Waals surface area (Å²) in [6, 6.07) is 2.16. The van der Waals surface area contributed by atoms with Gasteiger partial charge in [0.25, 0.3) is 6.43 Å². The van der Waals surface area contributed by atoms with Gasteiger partial charge in [-0.25, -0.2) is 18.6 Å². The number of hydrogen-bond donors (Lipinski definition) is 1. The van der Waals surface area contributed by atoms with Crippen LogP contribution in [-0.4, -0.2) is 23.2 Å². The molecule has 1 aromatic heterocycles. The van der Waals surface area contributed by atoms with Crippen molar-refractivity contribution in [1.82, 2.24) is 4.98 Å². The molecule has 0 saturated carbocycles. The Balaban J connectivity index is 3.43. The second-order valence-corrected chi connectivity index (χ2v) is 2.69. The number of esters is 1. The maximum atomic E-state index is 12.5. The van der Waals surface area contributed by atoms with Gasteiger partial charge in [0.2, 0.25) is 0 Å². The lowest BCUT2D eigenvalue weighted by Crippen LogP contribution is -2.09. The number of alkyl halides is 2. The molecule has 0 atom stereocenters. The predicted octanol–water partition coefficient (Wildman–Crippen LogP) is 1.38. The average Bonchev–Trinajstić information content (AvgIpc) is 2.27. The van der Waals surface area contributed by atoms with E-state index < -0.39 is 35.1 Å². The minimum atomic E-state index is -3.04. The summed E-state index contributed by atoms with van der Waals surface area (Å²) in [4.78, 5) is 14.3. The van der Waals surface area contributed by atoms with Crippen molar-refractivity contribution in [3.63, 3.8) is 0 Å². The molecule has 0 unspecified atom stereocenters. The molecule has 1 rings (SSSR count). The van der Waals surface area contributed by atoms with E-state index in [1.807, 2.05) is 0 Å². The molecular weight excluding hydrogens is 222 g/mol. The smallest absolute Gasteiger partial charge is 0.340 e. The molecule has 0 aliphatic rings. The molecular formula is C9H6F2N2O3. The third kappa shape index (κ3) is 2.06. The Kier molecular flexibility index (Phi) is 3.35. The van der Waals surface area contributed by atoms with Crippen LogP contribution in [0.2, 0.25) is 0 Å². The van der Waals surface area contributed by atoms with E-state index in [2.05, 4.69) is 9.72 Å². The minimum Gasteiger partial charge on any atom is -0.505 e. The van der Waals surface area contributed by atoms with E-state index >= 15 is 0 Å². The molecule has 1 heterocycles. The molecule has 0 spiro atoms. The molecule has 0 amide bonds. The highest BCUT2D eigenvalue weighted by molar-refractivity contribution is 5.91. The highest BCUT2D eigenvalue weighted by atomic mass is 19.3. The van der Waals surface area contributed by atoms with Gasteiger partial charge in [0.1, 0.15) is 11.8 Å². The van der Waals surface area contributed by atoms with Gasteiger partial charge in [-0.05, 0) is 6.07 Å². The SMILES string of the molecule is COC(=O)c1cc(O)c(C#N)nc1C(F)F. The first kappa shape index (κ1) is 11.8. The molecule has 0 aliphatic carbocycles. The van der Waals surface area contributed by atoms with Crippen LogP contribution in [0.15, 0.2) is 6.07 Å². The summed E-state index contributed by atoms with van der Waals surface area (Å²) in [6.07, 6.45) is -3.04. The average molecular weight is 228 g/mol. The van der Waals surface area contributed by atoms with E-state index in [-0.39, 0.29) is 0 Å². The van der Waals surface area contributed by atoms with Crippen molar-refractivity contribution in [1.29, 1.82) is 5.26 Å². The zero-order valence-corrected chi connectivity index (χ0v) is 8.07. The summed E-state index contributed by atoms with van der Waals surface area (Å²) < 4.78 is 29.3. The summed E-state index contributed by atoms with van der Waals surface area (Å²) in [5.41, 5.74) is -2.02. The first-order chi connectivity index (χ1) is 7.51. The fourth-order valence-corrected chi connectivity index (χ4v) is 1.04. The maximum absolute atomic E-state index is 12.5. The summed E-state index contributed by atoms with van der Waals surface area (Å²) in [6.45, 7) is 0. The predicted molar refractivity (Wildman–Crippen MR) is 46.9 cm³/mol. The number of nitrogens with zero attached hydrogens (tertiary/aromatic N) is 2. The molecule has 5 nitrogen and oxygen atoms in total. The standard InChI is InChI=1S/C9H6F2N2O3/c1-16-9(15)4-2-6(14)5(3-12)13-7(4)8(10)11/h2,8,14H,1H3. The molecule has 16 heavy (non-hydrogen) atoms. The highest BCUT2D eigenvalue weighted by Crippen LogP contribution is 2.26. The summed E-state index contributed by atoms with van der Waals surface area (Å²) in [5, 5.41) is 17.7. The van der Waals surface area contributed by atoms with Crippen molar-refractivity contribution in [2.24, 2.45) is 0 Å². The van der Waals surface area contributed by atoms with E-state index in [1.165, 1.54) is 6.07 Å². The molecule has 7 heteroatoms. The molecule has 0 aromatic carbocycles. The monoisotopic (exact) mass is 228 g/mol.